The van der Waals surface area contributed by atoms with E-state index in [0.717, 1.165) is 33.1 Å². The second kappa shape index (κ2) is 7.72. The van der Waals surface area contributed by atoms with Crippen LogP contribution in [0.5, 0.6) is 5.75 Å². The zero-order valence-electron chi connectivity index (χ0n) is 9.23. The van der Waals surface area contributed by atoms with Gasteiger partial charge in [0.05, 0.1) is 15.6 Å². The molecule has 0 saturated carbocycles. The summed E-state index contributed by atoms with van der Waals surface area (Å²) < 4.78 is 7.77. The third-order valence-electron chi connectivity index (χ3n) is 2.21. The summed E-state index contributed by atoms with van der Waals surface area (Å²) in [6.45, 7) is 2.97. The summed E-state index contributed by atoms with van der Waals surface area (Å²) in [6.07, 6.45) is 3.54. The molecule has 0 radical (unpaired) electrons. The fourth-order valence-electron chi connectivity index (χ4n) is 1.35. The topological polar surface area (TPSA) is 9.23 Å². The molecule has 1 aromatic carbocycles. The number of rotatable bonds is 6. The molecule has 0 N–H and O–H groups in total. The van der Waals surface area contributed by atoms with Crippen molar-refractivity contribution < 1.29 is 4.74 Å². The minimum absolute atomic E-state index is 0.776. The number of unbranched alkanes of at least 4 members (excludes halogenated alkanes) is 2. The van der Waals surface area contributed by atoms with Crippen molar-refractivity contribution in [1.82, 2.24) is 0 Å². The van der Waals surface area contributed by atoms with Crippen molar-refractivity contribution >= 4 is 47.8 Å². The summed E-state index contributed by atoms with van der Waals surface area (Å²) in [6, 6.07) is 4.16. The van der Waals surface area contributed by atoms with Crippen LogP contribution < -0.4 is 4.74 Å². The highest BCUT2D eigenvalue weighted by atomic mass is 79.9. The summed E-state index contributed by atoms with van der Waals surface area (Å²) in [5, 5.41) is 0.848. The van der Waals surface area contributed by atoms with Crippen molar-refractivity contribution in [3.8, 4) is 5.75 Å². The SMILES string of the molecule is CCCCCOc1c(Br)cc(CBr)cc1Br. The summed E-state index contributed by atoms with van der Waals surface area (Å²) >= 11 is 10.5. The average Bonchev–Trinajstić information content (AvgIpc) is 2.26. The van der Waals surface area contributed by atoms with E-state index in [4.69, 9.17) is 4.74 Å². The number of halogens is 3. The zero-order valence-corrected chi connectivity index (χ0v) is 14.0. The molecule has 0 heterocycles. The maximum atomic E-state index is 5.76. The smallest absolute Gasteiger partial charge is 0.147 e. The third kappa shape index (κ3) is 4.38. The van der Waals surface area contributed by atoms with E-state index in [1.54, 1.807) is 0 Å². The Balaban J connectivity index is 2.65. The molecule has 0 saturated heterocycles. The Kier molecular flexibility index (Phi) is 7.01. The molecule has 0 fully saturated rings. The minimum atomic E-state index is 0.776. The van der Waals surface area contributed by atoms with E-state index < -0.39 is 0 Å². The quantitative estimate of drug-likeness (QED) is 0.430. The molecular formula is C12H15Br3O. The number of benzene rings is 1. The van der Waals surface area contributed by atoms with Gasteiger partial charge in [-0.25, -0.2) is 0 Å². The second-order valence-corrected chi connectivity index (χ2v) is 5.85. The minimum Gasteiger partial charge on any atom is -0.491 e. The second-order valence-electron chi connectivity index (χ2n) is 3.58. The average molecular weight is 415 g/mol. The third-order valence-corrected chi connectivity index (χ3v) is 4.03. The Bertz CT molecular complexity index is 316. The lowest BCUT2D eigenvalue weighted by Crippen LogP contribution is -1.99. The lowest BCUT2D eigenvalue weighted by Gasteiger charge is -2.11. The molecule has 0 aliphatic carbocycles. The maximum absolute atomic E-state index is 5.76. The van der Waals surface area contributed by atoms with Gasteiger partial charge in [0.2, 0.25) is 0 Å². The van der Waals surface area contributed by atoms with E-state index in [2.05, 4.69) is 66.8 Å². The van der Waals surface area contributed by atoms with Crippen molar-refractivity contribution in [2.24, 2.45) is 0 Å². The van der Waals surface area contributed by atoms with Gasteiger partial charge in [0.15, 0.2) is 0 Å². The number of ether oxygens (including phenoxy) is 1. The monoisotopic (exact) mass is 412 g/mol. The fraction of sp³-hybridized carbons (Fsp3) is 0.500. The molecule has 16 heavy (non-hydrogen) atoms. The van der Waals surface area contributed by atoms with Crippen LogP contribution in [0.3, 0.4) is 0 Å². The molecule has 0 unspecified atom stereocenters. The summed E-state index contributed by atoms with van der Waals surface area (Å²) in [5.74, 6) is 0.904. The molecule has 0 atom stereocenters. The van der Waals surface area contributed by atoms with Crippen LogP contribution in [0.25, 0.3) is 0 Å². The van der Waals surface area contributed by atoms with Crippen molar-refractivity contribution in [1.29, 1.82) is 0 Å². The molecule has 1 rings (SSSR count). The van der Waals surface area contributed by atoms with Crippen molar-refractivity contribution in [3.05, 3.63) is 26.6 Å². The molecule has 0 bridgehead atoms. The Morgan fingerprint density at radius 3 is 2.25 bits per heavy atom. The van der Waals surface area contributed by atoms with Gasteiger partial charge in [-0.2, -0.15) is 0 Å². The van der Waals surface area contributed by atoms with Crippen LogP contribution in [-0.2, 0) is 5.33 Å². The zero-order chi connectivity index (χ0) is 12.0. The van der Waals surface area contributed by atoms with Gasteiger partial charge in [-0.05, 0) is 56.0 Å². The van der Waals surface area contributed by atoms with Crippen LogP contribution in [0, 0.1) is 0 Å². The lowest BCUT2D eigenvalue weighted by atomic mass is 10.2. The van der Waals surface area contributed by atoms with Crippen molar-refractivity contribution in [2.75, 3.05) is 6.61 Å². The molecule has 90 valence electrons. The molecule has 0 spiro atoms. The first-order valence-corrected chi connectivity index (χ1v) is 8.06. The Hall–Kier alpha value is 0.460. The molecule has 0 amide bonds. The largest absolute Gasteiger partial charge is 0.491 e. The van der Waals surface area contributed by atoms with Crippen LogP contribution in [0.4, 0.5) is 0 Å². The first-order chi connectivity index (χ1) is 7.69. The highest BCUT2D eigenvalue weighted by Crippen LogP contribution is 2.35. The van der Waals surface area contributed by atoms with Gasteiger partial charge >= 0.3 is 0 Å². The predicted octanol–water partition coefficient (Wildman–Crippen LogP) is 5.68. The highest BCUT2D eigenvalue weighted by molar-refractivity contribution is 9.11. The number of alkyl halides is 1. The van der Waals surface area contributed by atoms with E-state index in [0.29, 0.717) is 0 Å². The van der Waals surface area contributed by atoms with Gasteiger partial charge in [-0.1, -0.05) is 35.7 Å². The lowest BCUT2D eigenvalue weighted by molar-refractivity contribution is 0.302. The predicted molar refractivity (Wildman–Crippen MR) is 79.5 cm³/mol. The van der Waals surface area contributed by atoms with E-state index in [9.17, 15) is 0 Å². The molecule has 1 aromatic rings. The van der Waals surface area contributed by atoms with E-state index in [-0.39, 0.29) is 0 Å². The standard InChI is InChI=1S/C12H15Br3O/c1-2-3-4-5-16-12-10(14)6-9(8-13)7-11(12)15/h6-7H,2-5,8H2,1H3. The van der Waals surface area contributed by atoms with Gasteiger partial charge in [0, 0.05) is 5.33 Å². The highest BCUT2D eigenvalue weighted by Gasteiger charge is 2.08. The molecule has 1 nitrogen and oxygen atoms in total. The number of hydrogen-bond acceptors (Lipinski definition) is 1. The van der Waals surface area contributed by atoms with Gasteiger partial charge in [0.25, 0.3) is 0 Å². The molecule has 0 aliphatic rings. The summed E-state index contributed by atoms with van der Waals surface area (Å²) in [7, 11) is 0. The Labute approximate surface area is 122 Å². The number of hydrogen-bond donors (Lipinski definition) is 0. The summed E-state index contributed by atoms with van der Waals surface area (Å²) in [5.41, 5.74) is 1.22. The summed E-state index contributed by atoms with van der Waals surface area (Å²) in [4.78, 5) is 0. The van der Waals surface area contributed by atoms with Crippen molar-refractivity contribution in [2.45, 2.75) is 31.5 Å². The van der Waals surface area contributed by atoms with Crippen LogP contribution in [0.1, 0.15) is 31.7 Å². The van der Waals surface area contributed by atoms with Gasteiger partial charge in [-0.3, -0.25) is 0 Å². The van der Waals surface area contributed by atoms with Gasteiger partial charge in [-0.15, -0.1) is 0 Å². The maximum Gasteiger partial charge on any atom is 0.147 e. The molecule has 0 aromatic heterocycles. The van der Waals surface area contributed by atoms with E-state index >= 15 is 0 Å². The van der Waals surface area contributed by atoms with E-state index in [1.807, 2.05) is 0 Å². The van der Waals surface area contributed by atoms with Gasteiger partial charge < -0.3 is 4.74 Å². The van der Waals surface area contributed by atoms with Crippen molar-refractivity contribution in [3.63, 3.8) is 0 Å². The molecule has 0 aliphatic heterocycles. The molecular weight excluding hydrogens is 400 g/mol. The Morgan fingerprint density at radius 2 is 1.75 bits per heavy atom. The normalized spacial score (nSPS) is 10.5. The van der Waals surface area contributed by atoms with E-state index in [1.165, 1.54) is 18.4 Å². The Morgan fingerprint density at radius 1 is 1.12 bits per heavy atom. The van der Waals surface area contributed by atoms with Crippen LogP contribution in [-0.4, -0.2) is 6.61 Å². The first-order valence-electron chi connectivity index (χ1n) is 5.35. The molecule has 4 heteroatoms. The van der Waals surface area contributed by atoms with Crippen LogP contribution in [0.2, 0.25) is 0 Å². The van der Waals surface area contributed by atoms with Crippen LogP contribution in [0.15, 0.2) is 21.1 Å². The first kappa shape index (κ1) is 14.5. The van der Waals surface area contributed by atoms with Gasteiger partial charge in [0.1, 0.15) is 5.75 Å². The van der Waals surface area contributed by atoms with Crippen LogP contribution >= 0.6 is 47.8 Å². The fourth-order valence-corrected chi connectivity index (χ4v) is 3.19.